The summed E-state index contributed by atoms with van der Waals surface area (Å²) in [5.41, 5.74) is 3.52. The number of aryl methyl sites for hydroxylation is 2. The van der Waals surface area contributed by atoms with Gasteiger partial charge in [0.15, 0.2) is 0 Å². The van der Waals surface area contributed by atoms with Crippen LogP contribution in [-0.2, 0) is 20.0 Å². The minimum atomic E-state index is 0.488. The van der Waals surface area contributed by atoms with Crippen LogP contribution >= 0.6 is 0 Å². The molecule has 0 unspecified atom stereocenters. The van der Waals surface area contributed by atoms with E-state index in [0.717, 1.165) is 37.4 Å². The van der Waals surface area contributed by atoms with Crippen molar-refractivity contribution in [3.8, 4) is 0 Å². The minimum absolute atomic E-state index is 0.488. The van der Waals surface area contributed by atoms with Gasteiger partial charge in [-0.2, -0.15) is 0 Å². The number of hydrogen-bond donors (Lipinski definition) is 0. The van der Waals surface area contributed by atoms with Crippen LogP contribution in [0.15, 0.2) is 36.7 Å². The lowest BCUT2D eigenvalue weighted by Crippen LogP contribution is -2.34. The minimum Gasteiger partial charge on any atom is -0.331 e. The second-order valence-corrected chi connectivity index (χ2v) is 6.95. The Morgan fingerprint density at radius 3 is 2.72 bits per heavy atom. The number of rotatable bonds is 4. The van der Waals surface area contributed by atoms with Gasteiger partial charge in [0.25, 0.3) is 0 Å². The van der Waals surface area contributed by atoms with Gasteiger partial charge in [0, 0.05) is 50.4 Å². The largest absolute Gasteiger partial charge is 0.331 e. The molecule has 1 aliphatic rings. The van der Waals surface area contributed by atoms with Crippen molar-refractivity contribution < 1.29 is 0 Å². The van der Waals surface area contributed by atoms with E-state index in [1.165, 1.54) is 29.7 Å². The molecule has 1 saturated heterocycles. The van der Waals surface area contributed by atoms with Gasteiger partial charge in [0.2, 0.25) is 0 Å². The zero-order valence-corrected chi connectivity index (χ0v) is 15.0. The normalized spacial score (nSPS) is 18.7. The lowest BCUT2D eigenvalue weighted by Gasteiger charge is -2.32. The maximum absolute atomic E-state index is 4.91. The second kappa shape index (κ2) is 6.92. The Hall–Kier alpha value is -2.27. The van der Waals surface area contributed by atoms with Crippen molar-refractivity contribution >= 4 is 11.0 Å². The first-order valence-electron chi connectivity index (χ1n) is 9.18. The molecule has 3 aromatic rings. The van der Waals surface area contributed by atoms with E-state index in [1.807, 2.05) is 12.4 Å². The van der Waals surface area contributed by atoms with Crippen molar-refractivity contribution in [1.29, 1.82) is 0 Å². The quantitative estimate of drug-likeness (QED) is 0.734. The first-order chi connectivity index (χ1) is 12.2. The van der Waals surface area contributed by atoms with E-state index in [9.17, 15) is 0 Å². The summed E-state index contributed by atoms with van der Waals surface area (Å²) in [4.78, 5) is 16.3. The molecule has 0 spiro atoms. The van der Waals surface area contributed by atoms with Crippen molar-refractivity contribution in [3.63, 3.8) is 0 Å². The molecule has 1 fully saturated rings. The predicted molar refractivity (Wildman–Crippen MR) is 99.4 cm³/mol. The summed E-state index contributed by atoms with van der Waals surface area (Å²) < 4.78 is 2.27. The molecule has 0 saturated carbocycles. The number of hydrogen-bond acceptors (Lipinski definition) is 4. The predicted octanol–water partition coefficient (Wildman–Crippen LogP) is 3.31. The topological polar surface area (TPSA) is 46.8 Å². The second-order valence-electron chi connectivity index (χ2n) is 6.95. The average Bonchev–Trinajstić information content (AvgIpc) is 3.00. The lowest BCUT2D eigenvalue weighted by atomic mass is 9.97. The van der Waals surface area contributed by atoms with Gasteiger partial charge in [-0.25, -0.2) is 15.0 Å². The molecule has 1 aromatic carbocycles. The lowest BCUT2D eigenvalue weighted by molar-refractivity contribution is 0.195. The summed E-state index contributed by atoms with van der Waals surface area (Å²) >= 11 is 0. The molecule has 2 aromatic heterocycles. The molecule has 25 heavy (non-hydrogen) atoms. The summed E-state index contributed by atoms with van der Waals surface area (Å²) in [6.07, 6.45) is 7.26. The van der Waals surface area contributed by atoms with E-state index in [4.69, 9.17) is 4.98 Å². The Labute approximate surface area is 148 Å². The molecule has 0 aliphatic carbocycles. The van der Waals surface area contributed by atoms with Crippen molar-refractivity contribution in [2.75, 3.05) is 13.1 Å². The van der Waals surface area contributed by atoms with E-state index in [-0.39, 0.29) is 0 Å². The smallest absolute Gasteiger partial charge is 0.127 e. The maximum Gasteiger partial charge on any atom is 0.127 e. The Morgan fingerprint density at radius 1 is 1.16 bits per heavy atom. The molecule has 0 amide bonds. The van der Waals surface area contributed by atoms with E-state index < -0.39 is 0 Å². The molecule has 1 atom stereocenters. The first kappa shape index (κ1) is 16.2. The van der Waals surface area contributed by atoms with Crippen LogP contribution in [0.2, 0.25) is 0 Å². The number of aromatic nitrogens is 4. The molecule has 0 N–H and O–H groups in total. The molecule has 5 heteroatoms. The Kier molecular flexibility index (Phi) is 4.49. The van der Waals surface area contributed by atoms with E-state index >= 15 is 0 Å². The third-order valence-electron chi connectivity index (χ3n) is 5.17. The van der Waals surface area contributed by atoms with Gasteiger partial charge in [0.1, 0.15) is 11.6 Å². The monoisotopic (exact) mass is 335 g/mol. The molecular formula is C20H25N5. The molecule has 4 rings (SSSR count). The van der Waals surface area contributed by atoms with Crippen molar-refractivity contribution in [3.05, 3.63) is 53.9 Å². The van der Waals surface area contributed by atoms with E-state index in [2.05, 4.69) is 57.7 Å². The van der Waals surface area contributed by atoms with Crippen LogP contribution in [0, 0.1) is 0 Å². The summed E-state index contributed by atoms with van der Waals surface area (Å²) in [6.45, 7) is 5.19. The van der Waals surface area contributed by atoms with E-state index in [0.29, 0.717) is 5.92 Å². The SMILES string of the molecule is CCc1ncc(CN2CCC[C@H](c3nc4ccccc4n3C)C2)cn1. The van der Waals surface area contributed by atoms with Crippen LogP contribution in [-0.4, -0.2) is 37.5 Å². The molecule has 1 aliphatic heterocycles. The van der Waals surface area contributed by atoms with Gasteiger partial charge in [-0.3, -0.25) is 4.90 Å². The fourth-order valence-electron chi connectivity index (χ4n) is 3.84. The van der Waals surface area contributed by atoms with Gasteiger partial charge in [-0.1, -0.05) is 19.1 Å². The van der Waals surface area contributed by atoms with Crippen LogP contribution < -0.4 is 0 Å². The Balaban J connectivity index is 1.50. The first-order valence-corrected chi connectivity index (χ1v) is 9.18. The summed E-state index contributed by atoms with van der Waals surface area (Å²) in [5.74, 6) is 2.62. The van der Waals surface area contributed by atoms with Crippen LogP contribution in [0.3, 0.4) is 0 Å². The highest BCUT2D eigenvalue weighted by Crippen LogP contribution is 2.29. The highest BCUT2D eigenvalue weighted by atomic mass is 15.2. The third-order valence-corrected chi connectivity index (χ3v) is 5.17. The summed E-state index contributed by atoms with van der Waals surface area (Å²) in [5, 5.41) is 0. The number of likely N-dealkylation sites (tertiary alicyclic amines) is 1. The van der Waals surface area contributed by atoms with Crippen molar-refractivity contribution in [1.82, 2.24) is 24.4 Å². The summed E-state index contributed by atoms with van der Waals surface area (Å²) in [6, 6.07) is 8.40. The maximum atomic E-state index is 4.91. The number of para-hydroxylation sites is 2. The van der Waals surface area contributed by atoms with Crippen LogP contribution in [0.5, 0.6) is 0 Å². The number of piperidine rings is 1. The van der Waals surface area contributed by atoms with Gasteiger partial charge in [-0.15, -0.1) is 0 Å². The number of benzene rings is 1. The van der Waals surface area contributed by atoms with Crippen LogP contribution in [0.1, 0.15) is 42.9 Å². The van der Waals surface area contributed by atoms with Crippen molar-refractivity contribution in [2.24, 2.45) is 7.05 Å². The highest BCUT2D eigenvalue weighted by molar-refractivity contribution is 5.75. The van der Waals surface area contributed by atoms with Crippen LogP contribution in [0.25, 0.3) is 11.0 Å². The van der Waals surface area contributed by atoms with E-state index in [1.54, 1.807) is 0 Å². The number of nitrogens with zero attached hydrogens (tertiary/aromatic N) is 5. The summed E-state index contributed by atoms with van der Waals surface area (Å²) in [7, 11) is 2.14. The van der Waals surface area contributed by atoms with Gasteiger partial charge in [0.05, 0.1) is 11.0 Å². The van der Waals surface area contributed by atoms with Gasteiger partial charge < -0.3 is 4.57 Å². The molecular weight excluding hydrogens is 310 g/mol. The zero-order valence-electron chi connectivity index (χ0n) is 15.0. The highest BCUT2D eigenvalue weighted by Gasteiger charge is 2.25. The molecule has 3 heterocycles. The molecule has 5 nitrogen and oxygen atoms in total. The molecule has 0 radical (unpaired) electrons. The number of imidazole rings is 1. The van der Waals surface area contributed by atoms with Gasteiger partial charge >= 0.3 is 0 Å². The Bertz CT molecular complexity index is 852. The van der Waals surface area contributed by atoms with Crippen LogP contribution in [0.4, 0.5) is 0 Å². The fraction of sp³-hybridized carbons (Fsp3) is 0.450. The number of fused-ring (bicyclic) bond motifs is 1. The molecule has 130 valence electrons. The Morgan fingerprint density at radius 2 is 1.96 bits per heavy atom. The fourth-order valence-corrected chi connectivity index (χ4v) is 3.84. The van der Waals surface area contributed by atoms with Gasteiger partial charge in [-0.05, 0) is 31.5 Å². The average molecular weight is 335 g/mol. The zero-order chi connectivity index (χ0) is 17.2. The molecule has 0 bridgehead atoms. The van der Waals surface area contributed by atoms with Crippen molar-refractivity contribution in [2.45, 2.75) is 38.6 Å². The third kappa shape index (κ3) is 3.29. The standard InChI is InChI=1S/C20H25N5/c1-3-19-21-11-15(12-22-19)13-25-10-6-7-16(14-25)20-23-17-8-4-5-9-18(17)24(20)2/h4-5,8-9,11-12,16H,3,6-7,10,13-14H2,1-2H3/t16-/m0/s1.